The van der Waals surface area contributed by atoms with Crippen LogP contribution in [0, 0.1) is 0 Å². The number of hydrogen-bond donors (Lipinski definition) is 0. The number of benzene rings is 2. The van der Waals surface area contributed by atoms with Gasteiger partial charge in [-0.1, -0.05) is 35.1 Å². The van der Waals surface area contributed by atoms with Gasteiger partial charge < -0.3 is 4.42 Å². The third-order valence-corrected chi connectivity index (χ3v) is 4.45. The van der Waals surface area contributed by atoms with Crippen molar-refractivity contribution in [2.75, 3.05) is 0 Å². The molecular formula is C16H8ClNO2S. The summed E-state index contributed by atoms with van der Waals surface area (Å²) in [7, 11) is 0. The molecule has 2 aromatic heterocycles. The summed E-state index contributed by atoms with van der Waals surface area (Å²) in [6.07, 6.45) is 0. The summed E-state index contributed by atoms with van der Waals surface area (Å²) in [5.41, 5.74) is 1.71. The van der Waals surface area contributed by atoms with E-state index in [0.717, 1.165) is 15.6 Å². The lowest BCUT2D eigenvalue weighted by Gasteiger charge is -1.95. The van der Waals surface area contributed by atoms with Gasteiger partial charge in [0.2, 0.25) is 5.89 Å². The Morgan fingerprint density at radius 1 is 1.05 bits per heavy atom. The largest absolute Gasteiger partial charge is 0.435 e. The highest BCUT2D eigenvalue weighted by atomic mass is 35.5. The maximum atomic E-state index is 12.2. The predicted octanol–water partition coefficient (Wildman–Crippen LogP) is 4.72. The average molecular weight is 314 g/mol. The molecule has 2 aromatic carbocycles. The average Bonchev–Trinajstić information content (AvgIpc) is 2.94. The standard InChI is InChI=1S/C16H8ClNO2S/c17-10-7-5-9(6-8-10)15-18-13-14(20-15)11-3-1-2-4-12(11)21-16(13)19/h1-8H. The van der Waals surface area contributed by atoms with Gasteiger partial charge in [0.25, 0.3) is 4.74 Å². The molecule has 102 valence electrons. The van der Waals surface area contributed by atoms with Crippen molar-refractivity contribution in [3.63, 3.8) is 0 Å². The topological polar surface area (TPSA) is 43.1 Å². The molecule has 0 radical (unpaired) electrons. The van der Waals surface area contributed by atoms with Crippen LogP contribution in [0.3, 0.4) is 0 Å². The van der Waals surface area contributed by atoms with Crippen molar-refractivity contribution in [2.24, 2.45) is 0 Å². The SMILES string of the molecule is O=c1sc2ccccc2c2oc(-c3ccc(Cl)cc3)nc12. The van der Waals surface area contributed by atoms with E-state index < -0.39 is 0 Å². The number of hydrogen-bond acceptors (Lipinski definition) is 4. The second-order valence-electron chi connectivity index (χ2n) is 4.59. The molecule has 0 amide bonds. The number of halogens is 1. The van der Waals surface area contributed by atoms with Gasteiger partial charge in [-0.25, -0.2) is 4.98 Å². The van der Waals surface area contributed by atoms with Crippen LogP contribution in [0.25, 0.3) is 32.6 Å². The maximum Gasteiger partial charge on any atom is 0.262 e. The number of oxazole rings is 1. The lowest BCUT2D eigenvalue weighted by atomic mass is 10.2. The van der Waals surface area contributed by atoms with E-state index in [1.54, 1.807) is 12.1 Å². The second kappa shape index (κ2) is 4.69. The highest BCUT2D eigenvalue weighted by Crippen LogP contribution is 2.30. The van der Waals surface area contributed by atoms with E-state index in [0.29, 0.717) is 22.0 Å². The molecular weight excluding hydrogens is 306 g/mol. The number of nitrogens with zero attached hydrogens (tertiary/aromatic N) is 1. The Kier molecular flexibility index (Phi) is 2.80. The van der Waals surface area contributed by atoms with Gasteiger partial charge in [-0.2, -0.15) is 0 Å². The van der Waals surface area contributed by atoms with Gasteiger partial charge in [-0.05, 0) is 36.4 Å². The van der Waals surface area contributed by atoms with Crippen molar-refractivity contribution in [1.82, 2.24) is 4.98 Å². The smallest absolute Gasteiger partial charge is 0.262 e. The van der Waals surface area contributed by atoms with Gasteiger partial charge in [-0.15, -0.1) is 0 Å². The minimum absolute atomic E-state index is 0.0901. The van der Waals surface area contributed by atoms with Crippen molar-refractivity contribution in [2.45, 2.75) is 0 Å². The highest BCUT2D eigenvalue weighted by Gasteiger charge is 2.14. The maximum absolute atomic E-state index is 12.2. The van der Waals surface area contributed by atoms with Crippen LogP contribution in [0.15, 0.2) is 57.7 Å². The first-order valence-electron chi connectivity index (χ1n) is 6.31. The number of aromatic nitrogens is 1. The fourth-order valence-electron chi connectivity index (χ4n) is 2.25. The first-order chi connectivity index (χ1) is 10.2. The fourth-order valence-corrected chi connectivity index (χ4v) is 3.23. The molecule has 0 N–H and O–H groups in total. The van der Waals surface area contributed by atoms with Crippen molar-refractivity contribution in [1.29, 1.82) is 0 Å². The Labute approximate surface area is 128 Å². The zero-order valence-corrected chi connectivity index (χ0v) is 12.2. The van der Waals surface area contributed by atoms with Crippen LogP contribution in [0.1, 0.15) is 0 Å². The van der Waals surface area contributed by atoms with E-state index in [1.165, 1.54) is 11.3 Å². The number of fused-ring (bicyclic) bond motifs is 3. The molecule has 21 heavy (non-hydrogen) atoms. The van der Waals surface area contributed by atoms with Crippen molar-refractivity contribution in [3.05, 3.63) is 63.1 Å². The third kappa shape index (κ3) is 2.04. The van der Waals surface area contributed by atoms with Crippen LogP contribution in [0.4, 0.5) is 0 Å². The lowest BCUT2D eigenvalue weighted by molar-refractivity contribution is 0.623. The molecule has 5 heteroatoms. The first-order valence-corrected chi connectivity index (χ1v) is 7.50. The summed E-state index contributed by atoms with van der Waals surface area (Å²) in [6, 6.07) is 14.8. The van der Waals surface area contributed by atoms with E-state index in [9.17, 15) is 4.79 Å². The zero-order chi connectivity index (χ0) is 14.4. The van der Waals surface area contributed by atoms with Crippen LogP contribution < -0.4 is 4.74 Å². The molecule has 0 atom stereocenters. The molecule has 0 unspecified atom stereocenters. The van der Waals surface area contributed by atoms with Gasteiger partial charge in [0, 0.05) is 20.7 Å². The molecule has 0 bridgehead atoms. The van der Waals surface area contributed by atoms with Crippen LogP contribution >= 0.6 is 22.9 Å². The summed E-state index contributed by atoms with van der Waals surface area (Å²) in [5, 5.41) is 1.55. The van der Waals surface area contributed by atoms with Crippen LogP contribution in [-0.4, -0.2) is 4.98 Å². The summed E-state index contributed by atoms with van der Waals surface area (Å²) in [4.78, 5) is 16.5. The minimum Gasteiger partial charge on any atom is -0.435 e. The van der Waals surface area contributed by atoms with E-state index in [-0.39, 0.29) is 4.74 Å². The molecule has 0 saturated carbocycles. The van der Waals surface area contributed by atoms with Crippen LogP contribution in [0.2, 0.25) is 5.02 Å². The zero-order valence-electron chi connectivity index (χ0n) is 10.7. The summed E-state index contributed by atoms with van der Waals surface area (Å²) < 4.78 is 6.65. The van der Waals surface area contributed by atoms with Gasteiger partial charge >= 0.3 is 0 Å². The molecule has 4 aromatic rings. The van der Waals surface area contributed by atoms with Gasteiger partial charge in [-0.3, -0.25) is 4.79 Å². The van der Waals surface area contributed by atoms with E-state index >= 15 is 0 Å². The molecule has 0 aliphatic heterocycles. The summed E-state index contributed by atoms with van der Waals surface area (Å²) >= 11 is 7.06. The van der Waals surface area contributed by atoms with Crippen LogP contribution in [-0.2, 0) is 0 Å². The monoisotopic (exact) mass is 313 g/mol. The molecule has 0 aliphatic rings. The van der Waals surface area contributed by atoms with E-state index in [4.69, 9.17) is 16.0 Å². The molecule has 0 aliphatic carbocycles. The molecule has 0 fully saturated rings. The van der Waals surface area contributed by atoms with Gasteiger partial charge in [0.15, 0.2) is 11.1 Å². The fraction of sp³-hybridized carbons (Fsp3) is 0. The summed E-state index contributed by atoms with van der Waals surface area (Å²) in [6.45, 7) is 0. The third-order valence-electron chi connectivity index (χ3n) is 3.25. The molecule has 4 rings (SSSR count). The Morgan fingerprint density at radius 2 is 1.81 bits per heavy atom. The first kappa shape index (κ1) is 12.6. The van der Waals surface area contributed by atoms with Crippen molar-refractivity contribution < 1.29 is 4.42 Å². The van der Waals surface area contributed by atoms with Crippen LogP contribution in [0.5, 0.6) is 0 Å². The Morgan fingerprint density at radius 3 is 2.62 bits per heavy atom. The molecule has 3 nitrogen and oxygen atoms in total. The van der Waals surface area contributed by atoms with Gasteiger partial charge in [0.1, 0.15) is 0 Å². The Balaban J connectivity index is 2.05. The molecule has 0 saturated heterocycles. The summed E-state index contributed by atoms with van der Waals surface area (Å²) in [5.74, 6) is 0.433. The quantitative estimate of drug-likeness (QED) is 0.510. The van der Waals surface area contributed by atoms with Crippen molar-refractivity contribution >= 4 is 44.1 Å². The number of rotatable bonds is 1. The Bertz CT molecular complexity index is 1020. The molecule has 0 spiro atoms. The van der Waals surface area contributed by atoms with Gasteiger partial charge in [0.05, 0.1) is 0 Å². The highest BCUT2D eigenvalue weighted by molar-refractivity contribution is 7.16. The van der Waals surface area contributed by atoms with Crippen molar-refractivity contribution in [3.8, 4) is 11.5 Å². The van der Waals surface area contributed by atoms with E-state index in [1.807, 2.05) is 36.4 Å². The van der Waals surface area contributed by atoms with E-state index in [2.05, 4.69) is 4.98 Å². The minimum atomic E-state index is -0.0901. The normalized spacial score (nSPS) is 11.3. The Hall–Kier alpha value is -2.17. The predicted molar refractivity (Wildman–Crippen MR) is 86.1 cm³/mol. The molecule has 2 heterocycles. The lowest BCUT2D eigenvalue weighted by Crippen LogP contribution is -1.94. The second-order valence-corrected chi connectivity index (χ2v) is 6.04.